The van der Waals surface area contributed by atoms with E-state index in [4.69, 9.17) is 4.42 Å². The third-order valence-corrected chi connectivity index (χ3v) is 8.24. The molecule has 0 aliphatic heterocycles. The fourth-order valence-electron chi connectivity index (χ4n) is 5.43. The Morgan fingerprint density at radius 2 is 1.68 bits per heavy atom. The normalized spacial score (nSPS) is 12.8. The topological polar surface area (TPSA) is 64.2 Å². The van der Waals surface area contributed by atoms with E-state index in [0.29, 0.717) is 30.9 Å². The van der Waals surface area contributed by atoms with Crippen molar-refractivity contribution in [2.75, 3.05) is 0 Å². The monoisotopic (exact) mass is 570 g/mol. The van der Waals surface area contributed by atoms with Crippen LogP contribution in [-0.4, -0.2) is 21.7 Å². The van der Waals surface area contributed by atoms with Crippen LogP contribution in [0.5, 0.6) is 0 Å². The lowest BCUT2D eigenvalue weighted by molar-refractivity contribution is -0.122. The van der Waals surface area contributed by atoms with Crippen molar-refractivity contribution in [2.45, 2.75) is 77.0 Å². The van der Waals surface area contributed by atoms with Crippen LogP contribution in [0.4, 0.5) is 0 Å². The summed E-state index contributed by atoms with van der Waals surface area (Å²) in [7, 11) is 0. The van der Waals surface area contributed by atoms with Gasteiger partial charge in [0.2, 0.25) is 5.91 Å². The van der Waals surface area contributed by atoms with Crippen molar-refractivity contribution in [1.29, 1.82) is 0 Å². The second-order valence-corrected chi connectivity index (χ2v) is 12.2. The highest BCUT2D eigenvalue weighted by atomic mass is 32.2. The van der Waals surface area contributed by atoms with Gasteiger partial charge in [0.1, 0.15) is 11.5 Å². The molecule has 2 heterocycles. The molecule has 0 spiro atoms. The largest absolute Gasteiger partial charge is 0.468 e. The van der Waals surface area contributed by atoms with Gasteiger partial charge in [-0.2, -0.15) is 0 Å². The van der Waals surface area contributed by atoms with E-state index >= 15 is 0 Å². The minimum absolute atomic E-state index is 0.0117. The summed E-state index contributed by atoms with van der Waals surface area (Å²) >= 11 is 1.66. The van der Waals surface area contributed by atoms with E-state index in [9.17, 15) is 9.59 Å². The summed E-state index contributed by atoms with van der Waals surface area (Å²) in [5.74, 6) is 2.19. The first-order valence-electron chi connectivity index (χ1n) is 14.6. The first-order valence-corrected chi connectivity index (χ1v) is 15.6. The molecule has 4 aromatic rings. The van der Waals surface area contributed by atoms with Crippen LogP contribution in [0.1, 0.15) is 80.5 Å². The number of nitrogens with one attached hydrogen (secondary N) is 1. The first kappa shape index (κ1) is 30.4. The summed E-state index contributed by atoms with van der Waals surface area (Å²) in [6.07, 6.45) is 8.04. The number of amides is 1. The van der Waals surface area contributed by atoms with Gasteiger partial charge in [-0.1, -0.05) is 74.5 Å². The smallest absolute Gasteiger partial charge is 0.220 e. The number of aryl methyl sites for hydroxylation is 1. The molecule has 5 nitrogen and oxygen atoms in total. The van der Waals surface area contributed by atoms with E-state index in [1.807, 2.05) is 48.5 Å². The Kier molecular flexibility index (Phi) is 11.5. The lowest BCUT2D eigenvalue weighted by Gasteiger charge is -2.24. The molecule has 0 saturated carbocycles. The average molecular weight is 571 g/mol. The van der Waals surface area contributed by atoms with Crippen molar-refractivity contribution in [3.05, 3.63) is 119 Å². The van der Waals surface area contributed by atoms with Gasteiger partial charge >= 0.3 is 0 Å². The minimum Gasteiger partial charge on any atom is -0.468 e. The Bertz CT molecular complexity index is 1350. The summed E-state index contributed by atoms with van der Waals surface area (Å²) in [6, 6.07) is 26.6. The van der Waals surface area contributed by atoms with Crippen LogP contribution in [-0.2, 0) is 28.2 Å². The van der Waals surface area contributed by atoms with Crippen LogP contribution in [0.25, 0.3) is 0 Å². The molecule has 0 radical (unpaired) electrons. The van der Waals surface area contributed by atoms with E-state index < -0.39 is 0 Å². The van der Waals surface area contributed by atoms with Gasteiger partial charge in [-0.05, 0) is 85.4 Å². The molecule has 0 fully saturated rings. The van der Waals surface area contributed by atoms with E-state index in [-0.39, 0.29) is 23.7 Å². The molecule has 216 valence electrons. The second-order valence-electron chi connectivity index (χ2n) is 11.2. The predicted molar refractivity (Wildman–Crippen MR) is 168 cm³/mol. The molecule has 4 rings (SSSR count). The van der Waals surface area contributed by atoms with E-state index in [1.54, 1.807) is 25.1 Å². The van der Waals surface area contributed by atoms with Crippen molar-refractivity contribution >= 4 is 23.6 Å². The molecule has 0 aliphatic rings. The molecule has 2 atom stereocenters. The third-order valence-electron chi connectivity index (χ3n) is 7.23. The summed E-state index contributed by atoms with van der Waals surface area (Å²) in [5, 5.41) is 3.36. The van der Waals surface area contributed by atoms with E-state index in [0.717, 1.165) is 36.3 Å². The Morgan fingerprint density at radius 1 is 0.951 bits per heavy atom. The zero-order valence-electron chi connectivity index (χ0n) is 24.4. The Hall–Kier alpha value is -3.51. The quantitative estimate of drug-likeness (QED) is 0.148. The van der Waals surface area contributed by atoms with Crippen LogP contribution in [0, 0.1) is 5.92 Å². The molecule has 0 aliphatic carbocycles. The number of furan rings is 1. The van der Waals surface area contributed by atoms with Crippen LogP contribution >= 0.6 is 11.9 Å². The number of ketones is 1. The summed E-state index contributed by atoms with van der Waals surface area (Å²) in [4.78, 5) is 25.6. The highest BCUT2D eigenvalue weighted by molar-refractivity contribution is 7.97. The number of hydrogen-bond acceptors (Lipinski definition) is 4. The average Bonchev–Trinajstić information content (AvgIpc) is 3.61. The summed E-state index contributed by atoms with van der Waals surface area (Å²) in [6.45, 7) is 6.06. The van der Waals surface area contributed by atoms with Gasteiger partial charge in [-0.25, -0.2) is 0 Å². The Balaban J connectivity index is 1.56. The fraction of sp³-hybridized carbons (Fsp3) is 0.371. The zero-order chi connectivity index (χ0) is 29.0. The van der Waals surface area contributed by atoms with Gasteiger partial charge in [-0.3, -0.25) is 13.6 Å². The SMILES string of the molecule is CC(=O)CC(c1ccccc1)c1c(CC(CC(C)C)NC(=O)CCCc2ccccc2)ccn1SCc1ccco1. The highest BCUT2D eigenvalue weighted by Crippen LogP contribution is 2.35. The van der Waals surface area contributed by atoms with E-state index in [1.165, 1.54) is 11.1 Å². The maximum Gasteiger partial charge on any atom is 0.220 e. The fourth-order valence-corrected chi connectivity index (χ4v) is 6.39. The number of rotatable bonds is 16. The standard InChI is InChI=1S/C35H42N2O3S/c1-26(2)22-31(36-34(39)18-10-14-28-12-6-4-7-13-28)24-30-19-20-37(41-25-32-17-11-21-40-32)35(30)33(23-27(3)38)29-15-8-5-9-16-29/h4-9,11-13,15-17,19-21,26,31,33H,10,14,18,22-25H2,1-3H3,(H,36,39). The Morgan fingerprint density at radius 3 is 2.34 bits per heavy atom. The maximum absolute atomic E-state index is 13.1. The molecule has 6 heteroatoms. The molecule has 2 unspecified atom stereocenters. The number of Topliss-reactive ketones (excluding diaryl/α,β-unsaturated/α-hetero) is 1. The van der Waals surface area contributed by atoms with Gasteiger partial charge in [-0.15, -0.1) is 0 Å². The van der Waals surface area contributed by atoms with Crippen molar-refractivity contribution < 1.29 is 14.0 Å². The molecule has 0 bridgehead atoms. The van der Waals surface area contributed by atoms with Crippen molar-refractivity contribution in [3.63, 3.8) is 0 Å². The van der Waals surface area contributed by atoms with Crippen LogP contribution in [0.2, 0.25) is 0 Å². The van der Waals surface area contributed by atoms with Crippen molar-refractivity contribution in [2.24, 2.45) is 5.92 Å². The maximum atomic E-state index is 13.1. The molecule has 1 N–H and O–H groups in total. The molecule has 1 amide bonds. The molecule has 2 aromatic heterocycles. The number of carbonyl (C=O) groups is 2. The van der Waals surface area contributed by atoms with E-state index in [2.05, 4.69) is 59.7 Å². The number of aromatic nitrogens is 1. The number of carbonyl (C=O) groups excluding carboxylic acids is 2. The lowest BCUT2D eigenvalue weighted by atomic mass is 9.87. The van der Waals surface area contributed by atoms with Gasteiger partial charge in [0.25, 0.3) is 0 Å². The molecule has 0 saturated heterocycles. The van der Waals surface area contributed by atoms with Crippen molar-refractivity contribution in [1.82, 2.24) is 9.29 Å². The van der Waals surface area contributed by atoms with Gasteiger partial charge in [0, 0.05) is 36.7 Å². The number of benzene rings is 2. The molecular formula is C35H42N2O3S. The zero-order valence-corrected chi connectivity index (χ0v) is 25.2. The van der Waals surface area contributed by atoms with Gasteiger partial charge < -0.3 is 9.73 Å². The van der Waals surface area contributed by atoms with Crippen LogP contribution < -0.4 is 5.32 Å². The first-order chi connectivity index (χ1) is 19.9. The lowest BCUT2D eigenvalue weighted by Crippen LogP contribution is -2.37. The molecule has 41 heavy (non-hydrogen) atoms. The highest BCUT2D eigenvalue weighted by Gasteiger charge is 2.26. The van der Waals surface area contributed by atoms with Crippen LogP contribution in [0.15, 0.2) is 95.7 Å². The third kappa shape index (κ3) is 9.53. The molecule has 2 aromatic carbocycles. The van der Waals surface area contributed by atoms with Crippen molar-refractivity contribution in [3.8, 4) is 0 Å². The molecular weight excluding hydrogens is 528 g/mol. The summed E-state index contributed by atoms with van der Waals surface area (Å²) in [5.41, 5.74) is 4.67. The van der Waals surface area contributed by atoms with Crippen LogP contribution in [0.3, 0.4) is 0 Å². The van der Waals surface area contributed by atoms with Gasteiger partial charge in [0.15, 0.2) is 0 Å². The second kappa shape index (κ2) is 15.5. The predicted octanol–water partition coefficient (Wildman–Crippen LogP) is 7.98. The number of hydrogen-bond donors (Lipinski definition) is 1. The Labute approximate surface area is 248 Å². The summed E-state index contributed by atoms with van der Waals surface area (Å²) < 4.78 is 7.79. The van der Waals surface area contributed by atoms with Gasteiger partial charge in [0.05, 0.1) is 12.0 Å². The minimum atomic E-state index is -0.0796. The number of nitrogens with zero attached hydrogens (tertiary/aromatic N) is 1.